The fraction of sp³-hybridized carbons (Fsp3) is 0. The summed E-state index contributed by atoms with van der Waals surface area (Å²) in [6, 6.07) is 60.8. The molecular weight excluding hydrogens is 705 g/mol. The van der Waals surface area contributed by atoms with Gasteiger partial charge in [-0.1, -0.05) is 133 Å². The van der Waals surface area contributed by atoms with Crippen LogP contribution in [0.2, 0.25) is 0 Å². The second kappa shape index (κ2) is 13.2. The molecular formula is C50H30N4OS. The third-order valence-corrected chi connectivity index (χ3v) is 11.6. The summed E-state index contributed by atoms with van der Waals surface area (Å²) in [5, 5.41) is 4.67. The highest BCUT2D eigenvalue weighted by Crippen LogP contribution is 2.42. The molecule has 56 heavy (non-hydrogen) atoms. The quantitative estimate of drug-likeness (QED) is 0.170. The third kappa shape index (κ3) is 5.54. The first kappa shape index (κ1) is 32.2. The van der Waals surface area contributed by atoms with Crippen LogP contribution < -0.4 is 0 Å². The summed E-state index contributed by atoms with van der Waals surface area (Å²) in [5.74, 6) is 1.74. The van der Waals surface area contributed by atoms with Crippen molar-refractivity contribution in [1.82, 2.24) is 19.9 Å². The van der Waals surface area contributed by atoms with Gasteiger partial charge in [-0.3, -0.25) is 4.98 Å². The molecule has 11 rings (SSSR count). The monoisotopic (exact) mass is 734 g/mol. The van der Waals surface area contributed by atoms with Gasteiger partial charge in [0.05, 0.1) is 11.3 Å². The van der Waals surface area contributed by atoms with Gasteiger partial charge in [0.25, 0.3) is 0 Å². The topological polar surface area (TPSA) is 64.7 Å². The second-order valence-electron chi connectivity index (χ2n) is 13.8. The van der Waals surface area contributed by atoms with Crippen molar-refractivity contribution in [3.8, 4) is 67.7 Å². The molecule has 0 aliphatic rings. The molecule has 0 atom stereocenters. The zero-order chi connectivity index (χ0) is 37.0. The Morgan fingerprint density at radius 2 is 1.05 bits per heavy atom. The lowest BCUT2D eigenvalue weighted by Crippen LogP contribution is -2.00. The van der Waals surface area contributed by atoms with E-state index in [9.17, 15) is 0 Å². The summed E-state index contributed by atoms with van der Waals surface area (Å²) in [6.45, 7) is 0. The standard InChI is InChI=1S/C50H30N4OS/c1-2-11-33(12-3-1)48-52-49(36-14-8-13-34(29-36)31-22-24-32(25-23-31)42-19-6-7-28-51-42)54-50(53-48)41-18-9-17-40-46-37(16-10-20-43(46)55-47(40)41)35-26-27-39-38-15-4-5-21-44(38)56-45(39)30-35/h1-30H. The molecule has 0 N–H and O–H groups in total. The van der Waals surface area contributed by atoms with Crippen LogP contribution in [0, 0.1) is 0 Å². The molecule has 5 nitrogen and oxygen atoms in total. The highest BCUT2D eigenvalue weighted by molar-refractivity contribution is 7.25. The maximum atomic E-state index is 6.74. The Morgan fingerprint density at radius 1 is 0.393 bits per heavy atom. The lowest BCUT2D eigenvalue weighted by atomic mass is 9.98. The molecule has 4 aromatic heterocycles. The van der Waals surface area contributed by atoms with E-state index in [-0.39, 0.29) is 0 Å². The number of hydrogen-bond donors (Lipinski definition) is 0. The summed E-state index contributed by atoms with van der Waals surface area (Å²) in [5.41, 5.74) is 10.7. The summed E-state index contributed by atoms with van der Waals surface area (Å²) < 4.78 is 9.31. The van der Waals surface area contributed by atoms with Crippen LogP contribution in [-0.4, -0.2) is 19.9 Å². The van der Waals surface area contributed by atoms with Gasteiger partial charge in [-0.2, -0.15) is 0 Å². The third-order valence-electron chi connectivity index (χ3n) is 10.4. The normalized spacial score (nSPS) is 11.6. The summed E-state index contributed by atoms with van der Waals surface area (Å²) >= 11 is 1.83. The Balaban J connectivity index is 1.04. The van der Waals surface area contributed by atoms with E-state index in [4.69, 9.17) is 19.4 Å². The average Bonchev–Trinajstić information content (AvgIpc) is 3.85. The van der Waals surface area contributed by atoms with Gasteiger partial charge < -0.3 is 4.42 Å². The number of para-hydroxylation sites is 1. The Labute approximate surface area is 326 Å². The van der Waals surface area contributed by atoms with Gasteiger partial charge in [0.15, 0.2) is 17.5 Å². The zero-order valence-electron chi connectivity index (χ0n) is 29.9. The van der Waals surface area contributed by atoms with Gasteiger partial charge >= 0.3 is 0 Å². The van der Waals surface area contributed by atoms with E-state index in [1.807, 2.05) is 78.2 Å². The van der Waals surface area contributed by atoms with E-state index in [2.05, 4.69) is 120 Å². The van der Waals surface area contributed by atoms with Crippen LogP contribution in [0.3, 0.4) is 0 Å². The molecule has 0 saturated carbocycles. The van der Waals surface area contributed by atoms with Crippen LogP contribution >= 0.6 is 11.3 Å². The minimum atomic E-state index is 0.553. The van der Waals surface area contributed by atoms with Crippen LogP contribution in [0.4, 0.5) is 0 Å². The molecule has 7 aromatic carbocycles. The number of hydrogen-bond acceptors (Lipinski definition) is 6. The van der Waals surface area contributed by atoms with E-state index in [1.165, 1.54) is 20.2 Å². The molecule has 11 aromatic rings. The zero-order valence-corrected chi connectivity index (χ0v) is 30.7. The largest absolute Gasteiger partial charge is 0.455 e. The number of nitrogens with zero attached hydrogens (tertiary/aromatic N) is 4. The van der Waals surface area contributed by atoms with Crippen molar-refractivity contribution in [3.05, 3.63) is 182 Å². The molecule has 0 saturated heterocycles. The van der Waals surface area contributed by atoms with Crippen molar-refractivity contribution in [3.63, 3.8) is 0 Å². The van der Waals surface area contributed by atoms with Crippen molar-refractivity contribution in [1.29, 1.82) is 0 Å². The van der Waals surface area contributed by atoms with E-state index in [1.54, 1.807) is 0 Å². The molecule has 0 fully saturated rings. The first-order chi connectivity index (χ1) is 27.7. The summed E-state index contributed by atoms with van der Waals surface area (Å²) in [6.07, 6.45) is 1.82. The predicted molar refractivity (Wildman–Crippen MR) is 230 cm³/mol. The average molecular weight is 735 g/mol. The number of benzene rings is 7. The first-order valence-corrected chi connectivity index (χ1v) is 19.4. The molecule has 0 amide bonds. The SMILES string of the molecule is c1ccc(-c2nc(-c3cccc(-c4ccc(-c5ccccn5)cc4)c3)nc(-c3cccc4c3oc3cccc(-c5ccc6c(c5)sc5ccccc56)c34)n2)cc1. The fourth-order valence-electron chi connectivity index (χ4n) is 7.70. The minimum Gasteiger partial charge on any atom is -0.455 e. The molecule has 4 heterocycles. The number of rotatable bonds is 6. The van der Waals surface area contributed by atoms with E-state index >= 15 is 0 Å². The molecule has 0 aliphatic heterocycles. The van der Waals surface area contributed by atoms with Gasteiger partial charge in [-0.15, -0.1) is 11.3 Å². The lowest BCUT2D eigenvalue weighted by molar-refractivity contribution is 0.669. The van der Waals surface area contributed by atoms with Gasteiger partial charge in [0, 0.05) is 53.8 Å². The molecule has 0 radical (unpaired) electrons. The smallest absolute Gasteiger partial charge is 0.167 e. The van der Waals surface area contributed by atoms with E-state index in [0.717, 1.165) is 72.1 Å². The van der Waals surface area contributed by atoms with Crippen molar-refractivity contribution >= 4 is 53.4 Å². The molecule has 0 aliphatic carbocycles. The van der Waals surface area contributed by atoms with Gasteiger partial charge in [-0.05, 0) is 64.7 Å². The Morgan fingerprint density at radius 3 is 1.93 bits per heavy atom. The number of fused-ring (bicyclic) bond motifs is 6. The van der Waals surface area contributed by atoms with Crippen molar-refractivity contribution in [2.45, 2.75) is 0 Å². The number of pyridine rings is 1. The van der Waals surface area contributed by atoms with Crippen LogP contribution in [-0.2, 0) is 0 Å². The maximum Gasteiger partial charge on any atom is 0.167 e. The summed E-state index contributed by atoms with van der Waals surface area (Å²) in [4.78, 5) is 19.8. The highest BCUT2D eigenvalue weighted by atomic mass is 32.1. The number of furan rings is 1. The second-order valence-corrected chi connectivity index (χ2v) is 14.9. The number of thiophene rings is 1. The van der Waals surface area contributed by atoms with Crippen molar-refractivity contribution in [2.75, 3.05) is 0 Å². The molecule has 0 unspecified atom stereocenters. The Hall–Kier alpha value is -7.28. The predicted octanol–water partition coefficient (Wildman–Crippen LogP) is 13.5. The van der Waals surface area contributed by atoms with Crippen molar-refractivity contribution < 1.29 is 4.42 Å². The Kier molecular flexibility index (Phi) is 7.60. The van der Waals surface area contributed by atoms with E-state index in [0.29, 0.717) is 17.5 Å². The Bertz CT molecular complexity index is 3240. The van der Waals surface area contributed by atoms with Crippen LogP contribution in [0.1, 0.15) is 0 Å². The van der Waals surface area contributed by atoms with E-state index < -0.39 is 0 Å². The van der Waals surface area contributed by atoms with Crippen molar-refractivity contribution in [2.24, 2.45) is 0 Å². The first-order valence-electron chi connectivity index (χ1n) is 18.5. The molecule has 0 bridgehead atoms. The molecule has 0 spiro atoms. The minimum absolute atomic E-state index is 0.553. The fourth-order valence-corrected chi connectivity index (χ4v) is 8.85. The highest BCUT2D eigenvalue weighted by Gasteiger charge is 2.20. The maximum absolute atomic E-state index is 6.74. The van der Waals surface area contributed by atoms with Crippen LogP contribution in [0.15, 0.2) is 187 Å². The summed E-state index contributed by atoms with van der Waals surface area (Å²) in [7, 11) is 0. The van der Waals surface area contributed by atoms with Gasteiger partial charge in [0.1, 0.15) is 11.2 Å². The van der Waals surface area contributed by atoms with Crippen LogP contribution in [0.25, 0.3) is 110 Å². The lowest BCUT2D eigenvalue weighted by Gasteiger charge is -2.10. The van der Waals surface area contributed by atoms with Gasteiger partial charge in [-0.25, -0.2) is 15.0 Å². The molecule has 6 heteroatoms. The van der Waals surface area contributed by atoms with Gasteiger partial charge in [0.2, 0.25) is 0 Å². The molecule has 262 valence electrons. The van der Waals surface area contributed by atoms with Crippen LogP contribution in [0.5, 0.6) is 0 Å². The number of aromatic nitrogens is 4.